The van der Waals surface area contributed by atoms with Crippen LogP contribution in [0.5, 0.6) is 5.75 Å². The van der Waals surface area contributed by atoms with Crippen LogP contribution in [0, 0.1) is 0 Å². The van der Waals surface area contributed by atoms with Gasteiger partial charge in [0.15, 0.2) is 0 Å². The molecule has 0 saturated heterocycles. The van der Waals surface area contributed by atoms with Crippen LogP contribution in [0.2, 0.25) is 0 Å². The molecule has 0 bridgehead atoms. The molecule has 7 nitrogen and oxygen atoms in total. The fourth-order valence-electron chi connectivity index (χ4n) is 3.01. The van der Waals surface area contributed by atoms with Gasteiger partial charge in [-0.15, -0.1) is 11.8 Å². The fourth-order valence-corrected chi connectivity index (χ4v) is 3.82. The van der Waals surface area contributed by atoms with E-state index in [1.165, 1.54) is 11.8 Å². The molecular formula is C24H20N4O3S. The summed E-state index contributed by atoms with van der Waals surface area (Å²) in [5, 5.41) is 5.78. The van der Waals surface area contributed by atoms with Crippen LogP contribution in [-0.2, 0) is 4.79 Å². The minimum atomic E-state index is -0.256. The zero-order chi connectivity index (χ0) is 22.3. The van der Waals surface area contributed by atoms with Gasteiger partial charge in [-0.05, 0) is 54.6 Å². The zero-order valence-corrected chi connectivity index (χ0v) is 18.1. The number of nitrogens with one attached hydrogen (secondary N) is 2. The molecular weight excluding hydrogens is 424 g/mol. The largest absolute Gasteiger partial charge is 0.497 e. The highest BCUT2D eigenvalue weighted by Crippen LogP contribution is 2.28. The Bertz CT molecular complexity index is 1260. The summed E-state index contributed by atoms with van der Waals surface area (Å²) >= 11 is 1.35. The number of fused-ring (bicyclic) bond motifs is 1. The molecule has 2 amide bonds. The summed E-state index contributed by atoms with van der Waals surface area (Å²) < 4.78 is 5.12. The van der Waals surface area contributed by atoms with Gasteiger partial charge < -0.3 is 15.4 Å². The van der Waals surface area contributed by atoms with Crippen LogP contribution in [0.4, 0.5) is 11.4 Å². The molecule has 0 aliphatic rings. The van der Waals surface area contributed by atoms with Crippen LogP contribution < -0.4 is 15.4 Å². The maximum Gasteiger partial charge on any atom is 0.255 e. The zero-order valence-electron chi connectivity index (χ0n) is 17.2. The van der Waals surface area contributed by atoms with Crippen molar-refractivity contribution in [2.45, 2.75) is 4.90 Å². The smallest absolute Gasteiger partial charge is 0.255 e. The lowest BCUT2D eigenvalue weighted by atomic mass is 10.1. The van der Waals surface area contributed by atoms with E-state index in [9.17, 15) is 9.59 Å². The van der Waals surface area contributed by atoms with Gasteiger partial charge in [-0.2, -0.15) is 0 Å². The molecule has 32 heavy (non-hydrogen) atoms. The molecule has 4 aromatic rings. The van der Waals surface area contributed by atoms with E-state index in [4.69, 9.17) is 4.74 Å². The molecule has 0 aliphatic carbocycles. The minimum Gasteiger partial charge on any atom is -0.497 e. The van der Waals surface area contributed by atoms with Crippen molar-refractivity contribution >= 4 is 46.0 Å². The lowest BCUT2D eigenvalue weighted by Gasteiger charge is -2.11. The van der Waals surface area contributed by atoms with Gasteiger partial charge >= 0.3 is 0 Å². The summed E-state index contributed by atoms with van der Waals surface area (Å²) in [7, 11) is 1.59. The van der Waals surface area contributed by atoms with Crippen LogP contribution in [-0.4, -0.2) is 34.6 Å². The molecule has 3 aromatic carbocycles. The Morgan fingerprint density at radius 2 is 1.66 bits per heavy atom. The standard InChI is InChI=1S/C24H20N4O3S/c1-31-18-9-7-17(8-10-18)27-23(29)15-32-22-5-3-2-4-20(22)28-24(30)16-6-11-19-21(14-16)26-13-12-25-19/h2-14H,15H2,1H3,(H,27,29)(H,28,30). The summed E-state index contributed by atoms with van der Waals surface area (Å²) in [5.41, 5.74) is 3.19. The Morgan fingerprint density at radius 3 is 2.44 bits per heavy atom. The van der Waals surface area contributed by atoms with Gasteiger partial charge in [-0.25, -0.2) is 0 Å². The minimum absolute atomic E-state index is 0.144. The Labute approximate surface area is 189 Å². The number of amides is 2. The number of carbonyl (C=O) groups is 2. The SMILES string of the molecule is COc1ccc(NC(=O)CSc2ccccc2NC(=O)c2ccc3nccnc3c2)cc1. The van der Waals surface area contributed by atoms with Crippen molar-refractivity contribution in [3.8, 4) is 5.75 Å². The first-order valence-electron chi connectivity index (χ1n) is 9.80. The van der Waals surface area contributed by atoms with Crippen LogP contribution in [0.15, 0.2) is 84.0 Å². The van der Waals surface area contributed by atoms with E-state index >= 15 is 0 Å². The maximum atomic E-state index is 12.8. The summed E-state index contributed by atoms with van der Waals surface area (Å²) in [6.45, 7) is 0. The number of thioether (sulfide) groups is 1. The molecule has 160 valence electrons. The fraction of sp³-hybridized carbons (Fsp3) is 0.0833. The number of hydrogen-bond acceptors (Lipinski definition) is 6. The van der Waals surface area contributed by atoms with E-state index in [0.29, 0.717) is 22.5 Å². The number of hydrogen-bond donors (Lipinski definition) is 2. The maximum absolute atomic E-state index is 12.8. The van der Waals surface area contributed by atoms with Gasteiger partial charge in [0.25, 0.3) is 5.91 Å². The first-order valence-corrected chi connectivity index (χ1v) is 10.8. The summed E-state index contributed by atoms with van der Waals surface area (Å²) in [5.74, 6) is 0.521. The average molecular weight is 445 g/mol. The van der Waals surface area contributed by atoms with Crippen LogP contribution >= 0.6 is 11.8 Å². The number of para-hydroxylation sites is 1. The predicted molar refractivity (Wildman–Crippen MR) is 126 cm³/mol. The highest BCUT2D eigenvalue weighted by molar-refractivity contribution is 8.00. The Balaban J connectivity index is 1.40. The van der Waals surface area contributed by atoms with Crippen molar-refractivity contribution in [3.63, 3.8) is 0 Å². The molecule has 0 unspecified atom stereocenters. The monoisotopic (exact) mass is 444 g/mol. The van der Waals surface area contributed by atoms with Crippen molar-refractivity contribution in [2.75, 3.05) is 23.5 Å². The molecule has 4 rings (SSSR count). The number of ether oxygens (including phenoxy) is 1. The van der Waals surface area contributed by atoms with E-state index in [-0.39, 0.29) is 17.6 Å². The van der Waals surface area contributed by atoms with E-state index in [1.807, 2.05) is 24.3 Å². The second kappa shape index (κ2) is 9.93. The van der Waals surface area contributed by atoms with Crippen molar-refractivity contribution in [2.24, 2.45) is 0 Å². The molecule has 0 atom stereocenters. The molecule has 1 aromatic heterocycles. The number of anilines is 2. The molecule has 0 saturated carbocycles. The third-order valence-corrected chi connectivity index (χ3v) is 5.67. The predicted octanol–water partition coefficient (Wildman–Crippen LogP) is 4.62. The van der Waals surface area contributed by atoms with Crippen LogP contribution in [0.3, 0.4) is 0 Å². The Morgan fingerprint density at radius 1 is 0.906 bits per heavy atom. The molecule has 0 radical (unpaired) electrons. The van der Waals surface area contributed by atoms with Gasteiger partial charge in [-0.3, -0.25) is 19.6 Å². The summed E-state index contributed by atoms with van der Waals surface area (Å²) in [4.78, 5) is 34.4. The quantitative estimate of drug-likeness (QED) is 0.404. The topological polar surface area (TPSA) is 93.2 Å². The van der Waals surface area contributed by atoms with E-state index in [2.05, 4.69) is 20.6 Å². The van der Waals surface area contributed by atoms with Crippen molar-refractivity contribution in [1.29, 1.82) is 0 Å². The summed E-state index contributed by atoms with van der Waals surface area (Å²) in [6, 6.07) is 19.7. The Kier molecular flexibility index (Phi) is 6.62. The second-order valence-electron chi connectivity index (χ2n) is 6.78. The van der Waals surface area contributed by atoms with Crippen molar-refractivity contribution in [3.05, 3.63) is 84.7 Å². The number of benzene rings is 3. The number of carbonyl (C=O) groups excluding carboxylic acids is 2. The molecule has 2 N–H and O–H groups in total. The molecule has 0 aliphatic heterocycles. The number of aromatic nitrogens is 2. The van der Waals surface area contributed by atoms with Crippen molar-refractivity contribution < 1.29 is 14.3 Å². The van der Waals surface area contributed by atoms with Gasteiger partial charge in [0.2, 0.25) is 5.91 Å². The second-order valence-corrected chi connectivity index (χ2v) is 7.79. The highest BCUT2D eigenvalue weighted by atomic mass is 32.2. The first-order chi connectivity index (χ1) is 15.6. The van der Waals surface area contributed by atoms with Gasteiger partial charge in [0.1, 0.15) is 5.75 Å². The normalized spacial score (nSPS) is 10.5. The van der Waals surface area contributed by atoms with E-state index in [1.54, 1.807) is 62.0 Å². The third-order valence-electron chi connectivity index (χ3n) is 4.60. The van der Waals surface area contributed by atoms with E-state index < -0.39 is 0 Å². The summed E-state index contributed by atoms with van der Waals surface area (Å²) in [6.07, 6.45) is 3.20. The molecule has 0 fully saturated rings. The van der Waals surface area contributed by atoms with Crippen molar-refractivity contribution in [1.82, 2.24) is 9.97 Å². The lowest BCUT2D eigenvalue weighted by molar-refractivity contribution is -0.113. The van der Waals surface area contributed by atoms with Gasteiger partial charge in [0.05, 0.1) is 29.6 Å². The number of nitrogens with zero attached hydrogens (tertiary/aromatic N) is 2. The highest BCUT2D eigenvalue weighted by Gasteiger charge is 2.12. The molecule has 1 heterocycles. The van der Waals surface area contributed by atoms with E-state index in [0.717, 1.165) is 16.2 Å². The first kappa shape index (κ1) is 21.3. The van der Waals surface area contributed by atoms with Crippen LogP contribution in [0.25, 0.3) is 11.0 Å². The molecule has 8 heteroatoms. The van der Waals surface area contributed by atoms with Gasteiger partial charge in [-0.1, -0.05) is 12.1 Å². The number of rotatable bonds is 7. The lowest BCUT2D eigenvalue weighted by Crippen LogP contribution is -2.15. The van der Waals surface area contributed by atoms with Crippen LogP contribution in [0.1, 0.15) is 10.4 Å². The average Bonchev–Trinajstić information content (AvgIpc) is 2.83. The molecule has 0 spiro atoms. The third kappa shape index (κ3) is 5.22. The Hall–Kier alpha value is -3.91. The number of methoxy groups -OCH3 is 1. The van der Waals surface area contributed by atoms with Gasteiger partial charge in [0, 0.05) is 28.5 Å².